The summed E-state index contributed by atoms with van der Waals surface area (Å²) in [6.45, 7) is 0. The zero-order valence-corrected chi connectivity index (χ0v) is 22.9. The highest BCUT2D eigenvalue weighted by molar-refractivity contribution is 6.57. The van der Waals surface area contributed by atoms with E-state index >= 15 is 0 Å². The molecule has 0 heterocycles. The number of aliphatic imine (C=N–C) groups is 2. The molecule has 1 aliphatic carbocycles. The van der Waals surface area contributed by atoms with Gasteiger partial charge in [-0.05, 0) is 59.7 Å². The maximum Gasteiger partial charge on any atom is 0.0979 e. The first-order valence-corrected chi connectivity index (χ1v) is 14.0. The van der Waals surface area contributed by atoms with Gasteiger partial charge in [0, 0.05) is 22.5 Å². The van der Waals surface area contributed by atoms with Gasteiger partial charge in [0.1, 0.15) is 0 Å². The topological polar surface area (TPSA) is 48.8 Å². The van der Waals surface area contributed by atoms with Crippen LogP contribution in [-0.4, -0.2) is 11.4 Å². The maximum atomic E-state index is 5.35. The van der Waals surface area contributed by atoms with Crippen LogP contribution in [0.25, 0.3) is 11.1 Å². The Kier molecular flexibility index (Phi) is 6.85. The second-order valence-electron chi connectivity index (χ2n) is 10.0. The van der Waals surface area contributed by atoms with Crippen LogP contribution >= 0.6 is 0 Å². The van der Waals surface area contributed by atoms with Gasteiger partial charge in [-0.15, -0.1) is 0 Å². The number of nitrogens with zero attached hydrogens (tertiary/aromatic N) is 2. The van der Waals surface area contributed by atoms with Gasteiger partial charge >= 0.3 is 0 Å². The first-order valence-electron chi connectivity index (χ1n) is 14.0. The molecule has 1 aliphatic rings. The molecule has 6 aromatic rings. The Balaban J connectivity index is 1.42. The van der Waals surface area contributed by atoms with Gasteiger partial charge in [-0.25, -0.2) is 9.98 Å². The lowest BCUT2D eigenvalue weighted by Crippen LogP contribution is -2.23. The summed E-state index contributed by atoms with van der Waals surface area (Å²) in [6.07, 6.45) is 0. The molecular formula is C38H28N4. The number of anilines is 4. The molecule has 200 valence electrons. The van der Waals surface area contributed by atoms with Crippen molar-refractivity contribution in [3.63, 3.8) is 0 Å². The molecule has 0 bridgehead atoms. The van der Waals surface area contributed by atoms with E-state index in [-0.39, 0.29) is 0 Å². The molecule has 7 rings (SSSR count). The fourth-order valence-electron chi connectivity index (χ4n) is 5.28. The molecule has 0 aromatic heterocycles. The molecule has 0 saturated heterocycles. The van der Waals surface area contributed by atoms with Crippen molar-refractivity contribution in [2.75, 3.05) is 10.6 Å². The maximum absolute atomic E-state index is 5.35. The molecule has 0 radical (unpaired) electrons. The van der Waals surface area contributed by atoms with E-state index in [9.17, 15) is 0 Å². The summed E-state index contributed by atoms with van der Waals surface area (Å²) >= 11 is 0. The SMILES string of the molecule is c1ccc(Nc2ccccc2N=C2C(=Nc3ccccc3Nc3ccccc3)c3ccccc3-c3ccccc32)cc1. The molecular weight excluding hydrogens is 512 g/mol. The lowest BCUT2D eigenvalue weighted by molar-refractivity contribution is 1.43. The lowest BCUT2D eigenvalue weighted by atomic mass is 9.82. The van der Waals surface area contributed by atoms with Gasteiger partial charge in [0.05, 0.1) is 34.2 Å². The predicted molar refractivity (Wildman–Crippen MR) is 177 cm³/mol. The minimum absolute atomic E-state index is 0.834. The highest BCUT2D eigenvalue weighted by Crippen LogP contribution is 2.38. The van der Waals surface area contributed by atoms with Crippen LogP contribution in [0.15, 0.2) is 168 Å². The van der Waals surface area contributed by atoms with E-state index in [1.54, 1.807) is 0 Å². The minimum Gasteiger partial charge on any atom is -0.354 e. The molecule has 0 spiro atoms. The summed E-state index contributed by atoms with van der Waals surface area (Å²) in [4.78, 5) is 10.7. The fraction of sp³-hybridized carbons (Fsp3) is 0. The van der Waals surface area contributed by atoms with E-state index in [4.69, 9.17) is 9.98 Å². The smallest absolute Gasteiger partial charge is 0.0979 e. The number of nitrogens with one attached hydrogen (secondary N) is 2. The van der Waals surface area contributed by atoms with Crippen molar-refractivity contribution in [1.29, 1.82) is 0 Å². The molecule has 6 aromatic carbocycles. The molecule has 0 unspecified atom stereocenters. The van der Waals surface area contributed by atoms with Gasteiger partial charge in [-0.2, -0.15) is 0 Å². The zero-order valence-electron chi connectivity index (χ0n) is 22.9. The van der Waals surface area contributed by atoms with Crippen LogP contribution in [0, 0.1) is 0 Å². The van der Waals surface area contributed by atoms with E-state index in [0.29, 0.717) is 0 Å². The van der Waals surface area contributed by atoms with Gasteiger partial charge in [-0.3, -0.25) is 0 Å². The quantitative estimate of drug-likeness (QED) is 0.221. The second kappa shape index (κ2) is 11.4. The Bertz CT molecular complexity index is 1780. The summed E-state index contributed by atoms with van der Waals surface area (Å²) < 4.78 is 0. The Labute approximate surface area is 245 Å². The number of rotatable bonds is 6. The van der Waals surface area contributed by atoms with Gasteiger partial charge in [0.25, 0.3) is 0 Å². The van der Waals surface area contributed by atoms with Crippen molar-refractivity contribution in [1.82, 2.24) is 0 Å². The summed E-state index contributed by atoms with van der Waals surface area (Å²) in [6, 6.07) is 53.6. The first-order chi connectivity index (χ1) is 20.8. The van der Waals surface area contributed by atoms with Crippen LogP contribution in [0.5, 0.6) is 0 Å². The zero-order chi connectivity index (χ0) is 28.1. The molecule has 0 saturated carbocycles. The largest absolute Gasteiger partial charge is 0.354 e. The van der Waals surface area contributed by atoms with Crippen molar-refractivity contribution < 1.29 is 0 Å². The number of hydrogen-bond acceptors (Lipinski definition) is 4. The predicted octanol–water partition coefficient (Wildman–Crippen LogP) is 10.1. The normalized spacial score (nSPS) is 13.8. The average Bonchev–Trinajstić information content (AvgIpc) is 3.05. The third kappa shape index (κ3) is 5.09. The molecule has 42 heavy (non-hydrogen) atoms. The standard InChI is InChI=1S/C38H28N4/c1-3-15-27(16-4-1)39-33-23-11-13-25-35(33)41-37-31-21-9-7-19-29(31)30-20-8-10-22-32(30)38(37)42-36-26-14-12-24-34(36)40-28-17-5-2-6-18-28/h1-26,39-40H. The summed E-state index contributed by atoms with van der Waals surface area (Å²) in [5.41, 5.74) is 11.6. The summed E-state index contributed by atoms with van der Waals surface area (Å²) in [7, 11) is 0. The van der Waals surface area contributed by atoms with E-state index < -0.39 is 0 Å². The fourth-order valence-corrected chi connectivity index (χ4v) is 5.28. The monoisotopic (exact) mass is 540 g/mol. The van der Waals surface area contributed by atoms with Crippen molar-refractivity contribution in [2.45, 2.75) is 0 Å². The Morgan fingerprint density at radius 3 is 1.07 bits per heavy atom. The van der Waals surface area contributed by atoms with Crippen molar-refractivity contribution in [3.8, 4) is 11.1 Å². The second-order valence-corrected chi connectivity index (χ2v) is 10.0. The van der Waals surface area contributed by atoms with Crippen molar-refractivity contribution in [2.24, 2.45) is 9.98 Å². The van der Waals surface area contributed by atoms with Crippen LogP contribution in [-0.2, 0) is 0 Å². The van der Waals surface area contributed by atoms with Crippen LogP contribution in [0.1, 0.15) is 11.1 Å². The number of benzene rings is 6. The Hall–Kier alpha value is -5.74. The molecule has 2 N–H and O–H groups in total. The molecule has 0 aliphatic heterocycles. The van der Waals surface area contributed by atoms with E-state index in [1.165, 1.54) is 0 Å². The third-order valence-electron chi connectivity index (χ3n) is 7.26. The van der Waals surface area contributed by atoms with E-state index in [1.807, 2.05) is 72.8 Å². The third-order valence-corrected chi connectivity index (χ3v) is 7.26. The molecule has 0 amide bonds. The van der Waals surface area contributed by atoms with E-state index in [2.05, 4.69) is 95.6 Å². The number of fused-ring (bicyclic) bond motifs is 3. The van der Waals surface area contributed by atoms with Gasteiger partial charge in [-0.1, -0.05) is 109 Å². The van der Waals surface area contributed by atoms with Gasteiger partial charge in [0.2, 0.25) is 0 Å². The van der Waals surface area contributed by atoms with Crippen LogP contribution in [0.4, 0.5) is 34.1 Å². The van der Waals surface area contributed by atoms with Gasteiger partial charge < -0.3 is 10.6 Å². The number of para-hydroxylation sites is 6. The minimum atomic E-state index is 0.834. The average molecular weight is 541 g/mol. The Morgan fingerprint density at radius 1 is 0.310 bits per heavy atom. The molecule has 0 atom stereocenters. The van der Waals surface area contributed by atoms with Crippen molar-refractivity contribution in [3.05, 3.63) is 169 Å². The molecule has 4 heteroatoms. The van der Waals surface area contributed by atoms with Crippen LogP contribution in [0.3, 0.4) is 0 Å². The first kappa shape index (κ1) is 25.2. The summed E-state index contributed by atoms with van der Waals surface area (Å²) in [5, 5.41) is 7.10. The van der Waals surface area contributed by atoms with Crippen LogP contribution in [0.2, 0.25) is 0 Å². The highest BCUT2D eigenvalue weighted by Gasteiger charge is 2.27. The Morgan fingerprint density at radius 2 is 0.643 bits per heavy atom. The molecule has 0 fully saturated rings. The highest BCUT2D eigenvalue weighted by atomic mass is 14.9. The lowest BCUT2D eigenvalue weighted by Gasteiger charge is -2.24. The van der Waals surface area contributed by atoms with Crippen LogP contribution < -0.4 is 10.6 Å². The van der Waals surface area contributed by atoms with Crippen molar-refractivity contribution >= 4 is 45.5 Å². The summed E-state index contributed by atoms with van der Waals surface area (Å²) in [5.74, 6) is 0. The van der Waals surface area contributed by atoms with E-state index in [0.717, 1.165) is 67.8 Å². The number of hydrogen-bond donors (Lipinski definition) is 2. The molecule has 4 nitrogen and oxygen atoms in total. The van der Waals surface area contributed by atoms with Gasteiger partial charge in [0.15, 0.2) is 0 Å².